The average Bonchev–Trinajstić information content (AvgIpc) is 2.93. The molecule has 0 nitrogen and oxygen atoms in total. The molecule has 1 aromatic carbocycles. The molecule has 0 saturated heterocycles. The van der Waals surface area contributed by atoms with Crippen LogP contribution in [-0.2, 0) is 0 Å². The minimum atomic E-state index is -0.471. The van der Waals surface area contributed by atoms with Crippen molar-refractivity contribution in [3.8, 4) is 0 Å². The van der Waals surface area contributed by atoms with Crippen LogP contribution in [0.15, 0.2) is 18.2 Å². The van der Waals surface area contributed by atoms with Crippen LogP contribution < -0.4 is 0 Å². The monoisotopic (exact) mass is 264 g/mol. The Morgan fingerprint density at radius 1 is 0.789 bits per heavy atom. The Kier molecular flexibility index (Phi) is 3.86. The first-order valence-corrected chi connectivity index (χ1v) is 7.69. The van der Waals surface area contributed by atoms with Crippen LogP contribution in [0.2, 0.25) is 0 Å². The minimum Gasteiger partial charge on any atom is -0.207 e. The first-order valence-electron chi connectivity index (χ1n) is 7.69. The van der Waals surface area contributed by atoms with E-state index >= 15 is 0 Å². The van der Waals surface area contributed by atoms with E-state index in [1.165, 1.54) is 44.6 Å². The van der Waals surface area contributed by atoms with Gasteiger partial charge in [0.15, 0.2) is 0 Å². The summed E-state index contributed by atoms with van der Waals surface area (Å²) in [6, 6.07) is 4.06. The summed E-state index contributed by atoms with van der Waals surface area (Å²) in [5.41, 5.74) is 0.728. The molecule has 0 heterocycles. The van der Waals surface area contributed by atoms with Crippen LogP contribution >= 0.6 is 0 Å². The fourth-order valence-corrected chi connectivity index (χ4v) is 4.16. The molecule has 0 bridgehead atoms. The Morgan fingerprint density at radius 2 is 1.42 bits per heavy atom. The van der Waals surface area contributed by atoms with Crippen molar-refractivity contribution < 1.29 is 8.78 Å². The lowest BCUT2D eigenvalue weighted by molar-refractivity contribution is 0.233. The van der Waals surface area contributed by atoms with E-state index in [0.717, 1.165) is 36.3 Å². The Bertz CT molecular complexity index is 427. The van der Waals surface area contributed by atoms with E-state index in [4.69, 9.17) is 0 Å². The second-order valence-corrected chi connectivity index (χ2v) is 6.32. The second kappa shape index (κ2) is 5.60. The SMILES string of the molecule is Fc1ccc(C2CCC(C3CCCC3)CC2)c(F)c1. The van der Waals surface area contributed by atoms with Crippen LogP contribution in [0.5, 0.6) is 0 Å². The standard InChI is InChI=1S/C17H22F2/c18-15-9-10-16(17(19)11-15)14-7-5-13(6-8-14)12-3-1-2-4-12/h9-14H,1-8H2. The Hall–Kier alpha value is -0.920. The molecule has 2 saturated carbocycles. The van der Waals surface area contributed by atoms with E-state index < -0.39 is 5.82 Å². The average molecular weight is 264 g/mol. The molecule has 19 heavy (non-hydrogen) atoms. The van der Waals surface area contributed by atoms with Crippen molar-refractivity contribution in [2.24, 2.45) is 11.8 Å². The van der Waals surface area contributed by atoms with E-state index in [0.29, 0.717) is 5.92 Å². The molecule has 0 N–H and O–H groups in total. The van der Waals surface area contributed by atoms with Gasteiger partial charge in [-0.1, -0.05) is 31.7 Å². The number of benzene rings is 1. The lowest BCUT2D eigenvalue weighted by Gasteiger charge is -2.32. The predicted molar refractivity (Wildman–Crippen MR) is 73.0 cm³/mol. The van der Waals surface area contributed by atoms with Gasteiger partial charge < -0.3 is 0 Å². The van der Waals surface area contributed by atoms with Crippen LogP contribution in [0.3, 0.4) is 0 Å². The topological polar surface area (TPSA) is 0 Å². The van der Waals surface area contributed by atoms with Gasteiger partial charge in [-0.15, -0.1) is 0 Å². The second-order valence-electron chi connectivity index (χ2n) is 6.32. The van der Waals surface area contributed by atoms with Crippen molar-refractivity contribution in [3.05, 3.63) is 35.4 Å². The van der Waals surface area contributed by atoms with Gasteiger partial charge in [0, 0.05) is 6.07 Å². The molecule has 2 heteroatoms. The Morgan fingerprint density at radius 3 is 2.05 bits per heavy atom. The summed E-state index contributed by atoms with van der Waals surface area (Å²) in [6.45, 7) is 0. The number of hydrogen-bond donors (Lipinski definition) is 0. The zero-order valence-electron chi connectivity index (χ0n) is 11.4. The molecule has 2 fully saturated rings. The summed E-state index contributed by atoms with van der Waals surface area (Å²) >= 11 is 0. The highest BCUT2D eigenvalue weighted by Gasteiger charge is 2.30. The molecule has 2 aliphatic rings. The number of halogens is 2. The van der Waals surface area contributed by atoms with E-state index in [2.05, 4.69) is 0 Å². The normalized spacial score (nSPS) is 28.7. The van der Waals surface area contributed by atoms with Crippen molar-refractivity contribution in [2.75, 3.05) is 0 Å². The van der Waals surface area contributed by atoms with Crippen molar-refractivity contribution in [2.45, 2.75) is 57.3 Å². The van der Waals surface area contributed by atoms with Crippen molar-refractivity contribution in [1.82, 2.24) is 0 Å². The highest BCUT2D eigenvalue weighted by molar-refractivity contribution is 5.23. The van der Waals surface area contributed by atoms with Gasteiger partial charge in [-0.2, -0.15) is 0 Å². The Balaban J connectivity index is 1.63. The van der Waals surface area contributed by atoms with Gasteiger partial charge in [0.05, 0.1) is 0 Å². The predicted octanol–water partition coefficient (Wildman–Crippen LogP) is 5.43. The van der Waals surface area contributed by atoms with Gasteiger partial charge in [-0.3, -0.25) is 0 Å². The summed E-state index contributed by atoms with van der Waals surface area (Å²) in [6.07, 6.45) is 10.2. The molecule has 3 rings (SSSR count). The number of rotatable bonds is 2. The van der Waals surface area contributed by atoms with Crippen molar-refractivity contribution in [3.63, 3.8) is 0 Å². The quantitative estimate of drug-likeness (QED) is 0.668. The van der Waals surface area contributed by atoms with Crippen molar-refractivity contribution in [1.29, 1.82) is 0 Å². The van der Waals surface area contributed by atoms with E-state index in [-0.39, 0.29) is 5.82 Å². The lowest BCUT2D eigenvalue weighted by atomic mass is 9.73. The molecule has 104 valence electrons. The van der Waals surface area contributed by atoms with E-state index in [1.54, 1.807) is 6.07 Å². The summed E-state index contributed by atoms with van der Waals surface area (Å²) in [4.78, 5) is 0. The molecule has 1 aromatic rings. The maximum absolute atomic E-state index is 13.8. The zero-order chi connectivity index (χ0) is 13.2. The van der Waals surface area contributed by atoms with Crippen LogP contribution in [-0.4, -0.2) is 0 Å². The van der Waals surface area contributed by atoms with Crippen LogP contribution in [0.4, 0.5) is 8.78 Å². The van der Waals surface area contributed by atoms with E-state index in [1.807, 2.05) is 0 Å². The molecule has 0 atom stereocenters. The first-order chi connectivity index (χ1) is 9.24. The fraction of sp³-hybridized carbons (Fsp3) is 0.647. The van der Waals surface area contributed by atoms with Gasteiger partial charge in [0.2, 0.25) is 0 Å². The molecule has 0 amide bonds. The van der Waals surface area contributed by atoms with Crippen molar-refractivity contribution >= 4 is 0 Å². The van der Waals surface area contributed by atoms with Gasteiger partial charge in [-0.05, 0) is 55.1 Å². The summed E-state index contributed by atoms with van der Waals surface area (Å²) in [7, 11) is 0. The molecular formula is C17H22F2. The zero-order valence-corrected chi connectivity index (χ0v) is 11.4. The molecule has 0 unspecified atom stereocenters. The summed E-state index contributed by atoms with van der Waals surface area (Å²) in [5, 5.41) is 0. The minimum absolute atomic E-state index is 0.304. The van der Waals surface area contributed by atoms with Crippen LogP contribution in [0.25, 0.3) is 0 Å². The molecule has 0 aromatic heterocycles. The maximum atomic E-state index is 13.8. The third kappa shape index (κ3) is 2.82. The first kappa shape index (κ1) is 13.1. The van der Waals surface area contributed by atoms with Gasteiger partial charge in [-0.25, -0.2) is 8.78 Å². The van der Waals surface area contributed by atoms with E-state index in [9.17, 15) is 8.78 Å². The molecular weight excluding hydrogens is 242 g/mol. The van der Waals surface area contributed by atoms with Gasteiger partial charge in [0.1, 0.15) is 11.6 Å². The summed E-state index contributed by atoms with van der Waals surface area (Å²) in [5.74, 6) is 1.27. The lowest BCUT2D eigenvalue weighted by Crippen LogP contribution is -2.19. The molecule has 0 spiro atoms. The fourth-order valence-electron chi connectivity index (χ4n) is 4.16. The van der Waals surface area contributed by atoms with Crippen LogP contribution in [0, 0.1) is 23.5 Å². The largest absolute Gasteiger partial charge is 0.207 e. The number of hydrogen-bond acceptors (Lipinski definition) is 0. The van der Waals surface area contributed by atoms with Gasteiger partial charge >= 0.3 is 0 Å². The molecule has 2 aliphatic carbocycles. The third-order valence-electron chi connectivity index (χ3n) is 5.24. The summed E-state index contributed by atoms with van der Waals surface area (Å²) < 4.78 is 26.7. The smallest absolute Gasteiger partial charge is 0.129 e. The van der Waals surface area contributed by atoms with Gasteiger partial charge in [0.25, 0.3) is 0 Å². The molecule has 0 radical (unpaired) electrons. The van der Waals surface area contributed by atoms with Crippen LogP contribution in [0.1, 0.15) is 62.8 Å². The third-order valence-corrected chi connectivity index (χ3v) is 5.24. The maximum Gasteiger partial charge on any atom is 0.129 e. The highest BCUT2D eigenvalue weighted by atomic mass is 19.1. The molecule has 0 aliphatic heterocycles. The highest BCUT2D eigenvalue weighted by Crippen LogP contribution is 2.43. The Labute approximate surface area is 114 Å².